The number of carbonyl (C=O) groups excluding carboxylic acids is 1. The highest BCUT2D eigenvalue weighted by Crippen LogP contribution is 2.25. The van der Waals surface area contributed by atoms with E-state index >= 15 is 0 Å². The van der Waals surface area contributed by atoms with Crippen LogP contribution in [0.4, 0.5) is 17.1 Å². The largest absolute Gasteiger partial charge is 0.399 e. The van der Waals surface area contributed by atoms with E-state index in [0.29, 0.717) is 11.4 Å². The maximum Gasteiger partial charge on any atom is 0.270 e. The SMILES string of the molecule is Cl.Nc1ccc(-c2ccc(NC(=O)c3cc([N+](=O)[O-])ccc3Cl)cc2)cc1. The lowest BCUT2D eigenvalue weighted by Crippen LogP contribution is -2.12. The maximum atomic E-state index is 12.4. The molecule has 0 bridgehead atoms. The molecular formula is C19H15Cl2N3O3. The number of nitrogens with zero attached hydrogens (tertiary/aromatic N) is 1. The van der Waals surface area contributed by atoms with Gasteiger partial charge in [-0.3, -0.25) is 14.9 Å². The van der Waals surface area contributed by atoms with Crippen molar-refractivity contribution in [2.24, 2.45) is 0 Å². The molecule has 0 aliphatic heterocycles. The van der Waals surface area contributed by atoms with Crippen LogP contribution in [0.5, 0.6) is 0 Å². The number of hydrogen-bond donors (Lipinski definition) is 2. The predicted molar refractivity (Wildman–Crippen MR) is 110 cm³/mol. The van der Waals surface area contributed by atoms with Gasteiger partial charge < -0.3 is 11.1 Å². The predicted octanol–water partition coefficient (Wildman–Crippen LogP) is 5.17. The molecule has 0 atom stereocenters. The third kappa shape index (κ3) is 4.75. The summed E-state index contributed by atoms with van der Waals surface area (Å²) < 4.78 is 0. The molecule has 27 heavy (non-hydrogen) atoms. The Balaban J connectivity index is 0.00000261. The number of halogens is 2. The second-order valence-corrected chi connectivity index (χ2v) is 5.98. The van der Waals surface area contributed by atoms with Gasteiger partial charge in [-0.05, 0) is 41.5 Å². The molecule has 0 unspecified atom stereocenters. The van der Waals surface area contributed by atoms with Crippen molar-refractivity contribution in [1.82, 2.24) is 0 Å². The van der Waals surface area contributed by atoms with Gasteiger partial charge in [0.05, 0.1) is 15.5 Å². The number of amides is 1. The first-order chi connectivity index (χ1) is 12.4. The Hall–Kier alpha value is -3.09. The minimum atomic E-state index is -0.575. The molecule has 3 rings (SSSR count). The molecule has 0 radical (unpaired) electrons. The van der Waals surface area contributed by atoms with E-state index in [1.165, 1.54) is 12.1 Å². The fourth-order valence-electron chi connectivity index (χ4n) is 2.42. The van der Waals surface area contributed by atoms with Gasteiger partial charge in [-0.25, -0.2) is 0 Å². The van der Waals surface area contributed by atoms with Crippen LogP contribution in [0.15, 0.2) is 66.7 Å². The van der Waals surface area contributed by atoms with E-state index in [4.69, 9.17) is 17.3 Å². The Bertz CT molecular complexity index is 974. The molecule has 0 fully saturated rings. The van der Waals surface area contributed by atoms with Crippen molar-refractivity contribution in [3.8, 4) is 11.1 Å². The number of rotatable bonds is 4. The van der Waals surface area contributed by atoms with Crippen molar-refractivity contribution in [2.75, 3.05) is 11.1 Å². The molecule has 0 heterocycles. The molecule has 0 aliphatic rings. The topological polar surface area (TPSA) is 98.3 Å². The maximum absolute atomic E-state index is 12.4. The Morgan fingerprint density at radius 2 is 1.52 bits per heavy atom. The summed E-state index contributed by atoms with van der Waals surface area (Å²) in [5.41, 5.74) is 8.74. The quantitative estimate of drug-likeness (QED) is 0.356. The molecule has 0 spiro atoms. The fraction of sp³-hybridized carbons (Fsp3) is 0. The minimum absolute atomic E-state index is 0. The lowest BCUT2D eigenvalue weighted by molar-refractivity contribution is -0.384. The molecule has 0 saturated carbocycles. The second-order valence-electron chi connectivity index (χ2n) is 5.57. The van der Waals surface area contributed by atoms with E-state index in [1.807, 2.05) is 36.4 Å². The molecule has 3 aromatic carbocycles. The zero-order valence-corrected chi connectivity index (χ0v) is 15.5. The number of nitro benzene ring substituents is 1. The first kappa shape index (κ1) is 20.2. The number of non-ortho nitro benzene ring substituents is 1. The molecule has 0 saturated heterocycles. The molecule has 6 nitrogen and oxygen atoms in total. The molecule has 138 valence electrons. The highest BCUT2D eigenvalue weighted by atomic mass is 35.5. The average molecular weight is 404 g/mol. The van der Waals surface area contributed by atoms with Crippen LogP contribution in [0.25, 0.3) is 11.1 Å². The first-order valence-electron chi connectivity index (χ1n) is 7.65. The van der Waals surface area contributed by atoms with Gasteiger partial charge in [0.25, 0.3) is 11.6 Å². The summed E-state index contributed by atoms with van der Waals surface area (Å²) in [6.45, 7) is 0. The third-order valence-electron chi connectivity index (χ3n) is 3.79. The number of carbonyl (C=O) groups is 1. The normalized spacial score (nSPS) is 9.96. The zero-order valence-electron chi connectivity index (χ0n) is 13.9. The van der Waals surface area contributed by atoms with E-state index in [2.05, 4.69) is 5.32 Å². The highest BCUT2D eigenvalue weighted by Gasteiger charge is 2.16. The van der Waals surface area contributed by atoms with Gasteiger partial charge in [0, 0.05) is 23.5 Å². The van der Waals surface area contributed by atoms with Crippen LogP contribution in [-0.2, 0) is 0 Å². The standard InChI is InChI=1S/C19H14ClN3O3.ClH/c20-18-10-9-16(23(25)26)11-17(18)19(24)22-15-7-3-13(4-8-15)12-1-5-14(21)6-2-12;/h1-11H,21H2,(H,22,24);1H. The van der Waals surface area contributed by atoms with Crippen LogP contribution >= 0.6 is 24.0 Å². The zero-order chi connectivity index (χ0) is 18.7. The number of nitrogens with two attached hydrogens (primary N) is 1. The van der Waals surface area contributed by atoms with Crippen LogP contribution in [-0.4, -0.2) is 10.8 Å². The molecular weight excluding hydrogens is 389 g/mol. The average Bonchev–Trinajstić information content (AvgIpc) is 2.63. The monoisotopic (exact) mass is 403 g/mol. The first-order valence-corrected chi connectivity index (χ1v) is 8.03. The minimum Gasteiger partial charge on any atom is -0.399 e. The van der Waals surface area contributed by atoms with Gasteiger partial charge in [-0.2, -0.15) is 0 Å². The van der Waals surface area contributed by atoms with Gasteiger partial charge in [-0.15, -0.1) is 12.4 Å². The van der Waals surface area contributed by atoms with Crippen LogP contribution in [0.1, 0.15) is 10.4 Å². The van der Waals surface area contributed by atoms with E-state index in [-0.39, 0.29) is 28.7 Å². The molecule has 3 aromatic rings. The summed E-state index contributed by atoms with van der Waals surface area (Å²) in [7, 11) is 0. The Kier molecular flexibility index (Phi) is 6.39. The highest BCUT2D eigenvalue weighted by molar-refractivity contribution is 6.34. The van der Waals surface area contributed by atoms with Gasteiger partial charge in [0.15, 0.2) is 0 Å². The molecule has 0 aliphatic carbocycles. The van der Waals surface area contributed by atoms with E-state index in [0.717, 1.165) is 17.2 Å². The van der Waals surface area contributed by atoms with Gasteiger partial charge in [0.1, 0.15) is 0 Å². The van der Waals surface area contributed by atoms with Gasteiger partial charge in [-0.1, -0.05) is 35.9 Å². The second kappa shape index (κ2) is 8.53. The number of anilines is 2. The van der Waals surface area contributed by atoms with Crippen LogP contribution in [0.3, 0.4) is 0 Å². The van der Waals surface area contributed by atoms with Crippen molar-refractivity contribution in [2.45, 2.75) is 0 Å². The summed E-state index contributed by atoms with van der Waals surface area (Å²) in [5, 5.41) is 13.7. The van der Waals surface area contributed by atoms with Gasteiger partial charge >= 0.3 is 0 Å². The molecule has 8 heteroatoms. The summed E-state index contributed by atoms with van der Waals surface area (Å²) in [4.78, 5) is 22.7. The summed E-state index contributed by atoms with van der Waals surface area (Å²) in [6, 6.07) is 18.4. The van der Waals surface area contributed by atoms with Crippen LogP contribution < -0.4 is 11.1 Å². The third-order valence-corrected chi connectivity index (χ3v) is 4.12. The van der Waals surface area contributed by atoms with Crippen molar-refractivity contribution in [3.63, 3.8) is 0 Å². The van der Waals surface area contributed by atoms with Crippen molar-refractivity contribution < 1.29 is 9.72 Å². The van der Waals surface area contributed by atoms with E-state index in [9.17, 15) is 14.9 Å². The lowest BCUT2D eigenvalue weighted by Gasteiger charge is -2.08. The molecule has 3 N–H and O–H groups in total. The Labute approximate surface area is 166 Å². The van der Waals surface area contributed by atoms with Crippen molar-refractivity contribution >= 4 is 47.0 Å². The van der Waals surface area contributed by atoms with E-state index < -0.39 is 10.8 Å². The molecule has 1 amide bonds. The summed E-state index contributed by atoms with van der Waals surface area (Å²) in [5.74, 6) is -0.515. The lowest BCUT2D eigenvalue weighted by atomic mass is 10.0. The summed E-state index contributed by atoms with van der Waals surface area (Å²) >= 11 is 5.99. The van der Waals surface area contributed by atoms with E-state index in [1.54, 1.807) is 12.1 Å². The Morgan fingerprint density at radius 1 is 0.963 bits per heavy atom. The number of hydrogen-bond acceptors (Lipinski definition) is 4. The fourth-order valence-corrected chi connectivity index (χ4v) is 2.62. The van der Waals surface area contributed by atoms with Crippen molar-refractivity contribution in [3.05, 3.63) is 87.4 Å². The number of nitro groups is 1. The van der Waals surface area contributed by atoms with Gasteiger partial charge in [0.2, 0.25) is 0 Å². The molecule has 0 aromatic heterocycles. The van der Waals surface area contributed by atoms with Crippen LogP contribution in [0.2, 0.25) is 5.02 Å². The Morgan fingerprint density at radius 3 is 2.07 bits per heavy atom. The number of benzene rings is 3. The number of nitrogen functional groups attached to an aromatic ring is 1. The van der Waals surface area contributed by atoms with Crippen molar-refractivity contribution in [1.29, 1.82) is 0 Å². The smallest absolute Gasteiger partial charge is 0.270 e. The van der Waals surface area contributed by atoms with Crippen LogP contribution in [0, 0.1) is 10.1 Å². The number of nitrogens with one attached hydrogen (secondary N) is 1. The summed E-state index contributed by atoms with van der Waals surface area (Å²) in [6.07, 6.45) is 0.